The van der Waals surface area contributed by atoms with Crippen molar-refractivity contribution >= 4 is 40.0 Å². The van der Waals surface area contributed by atoms with Crippen LogP contribution in [0.1, 0.15) is 6.92 Å². The zero-order chi connectivity index (χ0) is 15.2. The molecular weight excluding hydrogens is 390 g/mol. The van der Waals surface area contributed by atoms with Gasteiger partial charge in [0.1, 0.15) is 5.75 Å². The number of H-pyrrole nitrogens is 1. The number of hydrogen-bond acceptors (Lipinski definition) is 3. The Morgan fingerprint density at radius 2 is 2.10 bits per heavy atom. The summed E-state index contributed by atoms with van der Waals surface area (Å²) in [5.74, 6) is -0.201. The molecule has 0 unspecified atom stereocenters. The first-order chi connectivity index (χ1) is 9.37. The lowest BCUT2D eigenvalue weighted by atomic mass is 10.2. The molecular formula is C12H11F3INO3. The van der Waals surface area contributed by atoms with E-state index in [9.17, 15) is 18.0 Å². The number of aromatic amines is 1. The van der Waals surface area contributed by atoms with Crippen LogP contribution < -0.4 is 4.74 Å². The molecule has 0 aliphatic carbocycles. The molecule has 8 heteroatoms. The van der Waals surface area contributed by atoms with Gasteiger partial charge in [0.2, 0.25) is 0 Å². The standard InChI is InChI=1S/C9H5F3INO.C3H6O2/c10-9(11,12)15-5-1-2-8-6(3-5)7(13)4-14-8;1-2-5-3-4/h1-4,14H;3H,2H2,1H3. The predicted octanol–water partition coefficient (Wildman–Crippen LogP) is 3.85. The SMILES string of the molecule is CCOC=O.FC(F)(F)Oc1ccc2[nH]cc(I)c2c1. The smallest absolute Gasteiger partial charge is 0.468 e. The van der Waals surface area contributed by atoms with E-state index in [1.807, 2.05) is 22.6 Å². The van der Waals surface area contributed by atoms with Crippen LogP contribution in [0.4, 0.5) is 13.2 Å². The number of rotatable bonds is 3. The minimum absolute atomic E-state index is 0.201. The summed E-state index contributed by atoms with van der Waals surface area (Å²) >= 11 is 2.04. The molecule has 2 rings (SSSR count). The van der Waals surface area contributed by atoms with Crippen LogP contribution in [0, 0.1) is 3.57 Å². The second kappa shape index (κ2) is 7.36. The molecule has 0 aliphatic rings. The van der Waals surface area contributed by atoms with Crippen LogP contribution in [0.2, 0.25) is 0 Å². The number of halogens is 4. The normalized spacial score (nSPS) is 10.7. The highest BCUT2D eigenvalue weighted by Gasteiger charge is 2.31. The average Bonchev–Trinajstić information content (AvgIpc) is 2.71. The lowest BCUT2D eigenvalue weighted by Gasteiger charge is -2.08. The highest BCUT2D eigenvalue weighted by Crippen LogP contribution is 2.28. The first kappa shape index (κ1) is 16.6. The number of alkyl halides is 3. The van der Waals surface area contributed by atoms with Gasteiger partial charge < -0.3 is 14.5 Å². The largest absolute Gasteiger partial charge is 0.573 e. The molecule has 0 amide bonds. The first-order valence-electron chi connectivity index (χ1n) is 5.45. The van der Waals surface area contributed by atoms with Gasteiger partial charge in [-0.15, -0.1) is 13.2 Å². The van der Waals surface area contributed by atoms with Crippen molar-refractivity contribution in [2.24, 2.45) is 0 Å². The summed E-state index contributed by atoms with van der Waals surface area (Å²) in [6.07, 6.45) is -2.92. The number of carbonyl (C=O) groups excluding carboxylic acids is 1. The maximum absolute atomic E-state index is 11.9. The predicted molar refractivity (Wildman–Crippen MR) is 75.4 cm³/mol. The number of fused-ring (bicyclic) bond motifs is 1. The molecule has 1 aromatic heterocycles. The molecule has 0 bridgehead atoms. The van der Waals surface area contributed by atoms with E-state index in [4.69, 9.17) is 0 Å². The Hall–Kier alpha value is -1.45. The van der Waals surface area contributed by atoms with Crippen molar-refractivity contribution in [1.82, 2.24) is 4.98 Å². The molecule has 0 spiro atoms. The second-order valence-electron chi connectivity index (χ2n) is 3.44. The highest BCUT2D eigenvalue weighted by molar-refractivity contribution is 14.1. The van der Waals surface area contributed by atoms with Gasteiger partial charge in [-0.05, 0) is 47.7 Å². The Morgan fingerprint density at radius 3 is 2.60 bits per heavy atom. The molecule has 2 aromatic rings. The molecule has 0 aliphatic heterocycles. The summed E-state index contributed by atoms with van der Waals surface area (Å²) in [6, 6.07) is 4.20. The van der Waals surface area contributed by atoms with E-state index in [1.165, 1.54) is 12.1 Å². The second-order valence-corrected chi connectivity index (χ2v) is 4.61. The Balaban J connectivity index is 0.000000347. The van der Waals surface area contributed by atoms with Crippen LogP contribution >= 0.6 is 22.6 Å². The van der Waals surface area contributed by atoms with Gasteiger partial charge in [0.15, 0.2) is 0 Å². The molecule has 20 heavy (non-hydrogen) atoms. The Labute approximate surface area is 126 Å². The zero-order valence-corrected chi connectivity index (χ0v) is 12.5. The Bertz CT molecular complexity index is 569. The molecule has 1 heterocycles. The topological polar surface area (TPSA) is 51.3 Å². The third-order valence-corrected chi connectivity index (χ3v) is 2.96. The third kappa shape index (κ3) is 5.27. The summed E-state index contributed by atoms with van der Waals surface area (Å²) < 4.78 is 44.6. The van der Waals surface area contributed by atoms with Gasteiger partial charge in [0.05, 0.1) is 6.61 Å². The summed E-state index contributed by atoms with van der Waals surface area (Å²) in [5, 5.41) is 0.720. The van der Waals surface area contributed by atoms with E-state index in [2.05, 4.69) is 14.5 Å². The number of nitrogens with one attached hydrogen (secondary N) is 1. The fourth-order valence-electron chi connectivity index (χ4n) is 1.33. The van der Waals surface area contributed by atoms with Crippen molar-refractivity contribution in [3.8, 4) is 5.75 Å². The summed E-state index contributed by atoms with van der Waals surface area (Å²) in [6.45, 7) is 2.66. The fourth-order valence-corrected chi connectivity index (χ4v) is 1.93. The molecule has 0 saturated heterocycles. The van der Waals surface area contributed by atoms with Crippen molar-refractivity contribution in [2.45, 2.75) is 13.3 Å². The maximum Gasteiger partial charge on any atom is 0.573 e. The van der Waals surface area contributed by atoms with Crippen LogP contribution in [0.25, 0.3) is 10.9 Å². The van der Waals surface area contributed by atoms with Crippen molar-refractivity contribution in [2.75, 3.05) is 6.61 Å². The monoisotopic (exact) mass is 401 g/mol. The van der Waals surface area contributed by atoms with Gasteiger partial charge in [-0.3, -0.25) is 4.79 Å². The fraction of sp³-hybridized carbons (Fsp3) is 0.250. The minimum Gasteiger partial charge on any atom is -0.468 e. The van der Waals surface area contributed by atoms with Gasteiger partial charge in [0.25, 0.3) is 6.47 Å². The first-order valence-corrected chi connectivity index (χ1v) is 6.53. The van der Waals surface area contributed by atoms with Gasteiger partial charge in [-0.1, -0.05) is 0 Å². The molecule has 0 saturated carbocycles. The maximum atomic E-state index is 11.9. The lowest BCUT2D eigenvalue weighted by Crippen LogP contribution is -2.16. The molecule has 1 aromatic carbocycles. The van der Waals surface area contributed by atoms with Crippen LogP contribution in [0.15, 0.2) is 24.4 Å². The van der Waals surface area contributed by atoms with Gasteiger partial charge in [-0.2, -0.15) is 0 Å². The van der Waals surface area contributed by atoms with E-state index in [-0.39, 0.29) is 5.75 Å². The number of hydrogen-bond donors (Lipinski definition) is 1. The molecule has 0 fully saturated rings. The van der Waals surface area contributed by atoms with Gasteiger partial charge in [0, 0.05) is 20.7 Å². The van der Waals surface area contributed by atoms with Gasteiger partial charge in [-0.25, -0.2) is 0 Å². The molecule has 1 N–H and O–H groups in total. The number of ether oxygens (including phenoxy) is 2. The van der Waals surface area contributed by atoms with Crippen molar-refractivity contribution in [3.05, 3.63) is 28.0 Å². The van der Waals surface area contributed by atoms with Crippen LogP contribution in [-0.4, -0.2) is 24.4 Å². The van der Waals surface area contributed by atoms with Crippen LogP contribution in [0.5, 0.6) is 5.75 Å². The molecule has 0 atom stereocenters. The zero-order valence-electron chi connectivity index (χ0n) is 10.3. The summed E-state index contributed by atoms with van der Waals surface area (Å²) in [7, 11) is 0. The number of carbonyl (C=O) groups is 1. The van der Waals surface area contributed by atoms with E-state index in [0.29, 0.717) is 13.1 Å². The quantitative estimate of drug-likeness (QED) is 0.628. The third-order valence-electron chi connectivity index (χ3n) is 2.07. The van der Waals surface area contributed by atoms with E-state index < -0.39 is 6.36 Å². The van der Waals surface area contributed by atoms with Crippen molar-refractivity contribution in [3.63, 3.8) is 0 Å². The minimum atomic E-state index is -4.64. The Kier molecular flexibility index (Phi) is 6.11. The average molecular weight is 401 g/mol. The Morgan fingerprint density at radius 1 is 1.40 bits per heavy atom. The molecule has 0 radical (unpaired) electrons. The summed E-state index contributed by atoms with van der Waals surface area (Å²) in [5.41, 5.74) is 0.786. The summed E-state index contributed by atoms with van der Waals surface area (Å²) in [4.78, 5) is 12.1. The lowest BCUT2D eigenvalue weighted by molar-refractivity contribution is -0.274. The number of benzene rings is 1. The van der Waals surface area contributed by atoms with E-state index >= 15 is 0 Å². The van der Waals surface area contributed by atoms with Gasteiger partial charge >= 0.3 is 6.36 Å². The van der Waals surface area contributed by atoms with Crippen LogP contribution in [0.3, 0.4) is 0 Å². The molecule has 4 nitrogen and oxygen atoms in total. The highest BCUT2D eigenvalue weighted by atomic mass is 127. The van der Waals surface area contributed by atoms with E-state index in [1.54, 1.807) is 19.2 Å². The molecule has 110 valence electrons. The van der Waals surface area contributed by atoms with E-state index in [0.717, 1.165) is 14.5 Å². The number of aromatic nitrogens is 1. The van der Waals surface area contributed by atoms with Crippen LogP contribution in [-0.2, 0) is 9.53 Å². The van der Waals surface area contributed by atoms with Crippen molar-refractivity contribution < 1.29 is 27.4 Å². The van der Waals surface area contributed by atoms with Crippen molar-refractivity contribution in [1.29, 1.82) is 0 Å².